The first-order valence-electron chi connectivity index (χ1n) is 6.06. The second-order valence-electron chi connectivity index (χ2n) is 10.1. The van der Waals surface area contributed by atoms with Crippen molar-refractivity contribution in [1.82, 2.24) is 0 Å². The molecule has 0 amide bonds. The quantitative estimate of drug-likeness (QED) is 0.569. The van der Waals surface area contributed by atoms with Crippen LogP contribution in [0.25, 0.3) is 0 Å². The van der Waals surface area contributed by atoms with Crippen molar-refractivity contribution in [3.05, 3.63) is 0 Å². The van der Waals surface area contributed by atoms with Crippen LogP contribution in [0.15, 0.2) is 0 Å². The molecule has 4 atom stereocenters. The second kappa shape index (κ2) is 0.320. The van der Waals surface area contributed by atoms with Crippen LogP contribution in [-0.2, 0) is 7.72 Å². The van der Waals surface area contributed by atoms with Gasteiger partial charge in [0.05, 0.1) is 0 Å². The summed E-state index contributed by atoms with van der Waals surface area (Å²) >= 11 is 0. The number of aliphatic hydroxyl groups excluding tert-OH is 1. The molecule has 10 aliphatic heterocycles. The van der Waals surface area contributed by atoms with Crippen molar-refractivity contribution in [3.63, 3.8) is 0 Å². The standard InChI is InChI=1S/C6H7O2.C5H5.Ru/c7-6(8)5-3-1-2-4-5;1-2-4-5-3-1;/h1-4,6-8H;1-5H;. The first-order chi connectivity index (χ1) is 6.49. The van der Waals surface area contributed by atoms with E-state index in [0.717, 1.165) is 9.02 Å². The van der Waals surface area contributed by atoms with Gasteiger partial charge in [-0.1, -0.05) is 0 Å². The normalized spacial score (nSPS) is 143. The summed E-state index contributed by atoms with van der Waals surface area (Å²) in [7, 11) is -3.36. The zero-order valence-corrected chi connectivity index (χ0v) is 9.26. The molecule has 10 saturated heterocycles. The van der Waals surface area contributed by atoms with E-state index in [2.05, 4.69) is 0 Å². The van der Waals surface area contributed by atoms with Gasteiger partial charge in [0.25, 0.3) is 0 Å². The van der Waals surface area contributed by atoms with Crippen LogP contribution in [-0.4, -0.2) is 16.5 Å². The SMILES string of the molecule is OC(O)[C]12[CH]3[CH]4[CH]5[CH]1[Ru]45321678[CH]2[CH]1[CH]6[CH]7[CH]28. The Morgan fingerprint density at radius 1 is 0.786 bits per heavy atom. The van der Waals surface area contributed by atoms with E-state index >= 15 is 0 Å². The Morgan fingerprint density at radius 2 is 1.21 bits per heavy atom. The average Bonchev–Trinajstić information content (AvgIpc) is 3.13. The van der Waals surface area contributed by atoms with Gasteiger partial charge in [-0.25, -0.2) is 0 Å². The fourth-order valence-corrected chi connectivity index (χ4v) is 150. The molecule has 10 fully saturated rings. The summed E-state index contributed by atoms with van der Waals surface area (Å²) in [6.07, 6.45) is -0.856. The van der Waals surface area contributed by atoms with E-state index in [4.69, 9.17) is 0 Å². The van der Waals surface area contributed by atoms with E-state index in [1.807, 2.05) is 0 Å². The Kier molecular flexibility index (Phi) is 0.110. The summed E-state index contributed by atoms with van der Waals surface area (Å²) < 4.78 is 11.1. The van der Waals surface area contributed by atoms with Crippen molar-refractivity contribution in [2.75, 3.05) is 0 Å². The van der Waals surface area contributed by atoms with Gasteiger partial charge >= 0.3 is 68.8 Å². The molecule has 0 aromatic heterocycles. The molecular weight excluding hydrogens is 265 g/mol. The molecule has 14 heavy (non-hydrogen) atoms. The molecule has 10 rings (SSSR count). The molecule has 0 radical (unpaired) electrons. The van der Waals surface area contributed by atoms with Crippen molar-refractivity contribution < 1.29 is 17.9 Å². The molecule has 0 bridgehead atoms. The maximum absolute atomic E-state index is 9.95. The maximum atomic E-state index is 9.95. The van der Waals surface area contributed by atoms with Crippen LogP contribution in [0, 0.1) is 0 Å². The molecule has 10 heterocycles. The van der Waals surface area contributed by atoms with Gasteiger partial charge in [-0.15, -0.1) is 0 Å². The molecule has 10 aliphatic rings. The van der Waals surface area contributed by atoms with Gasteiger partial charge in [-0.3, -0.25) is 0 Å². The number of aliphatic hydroxyl groups is 2. The predicted molar refractivity (Wildman–Crippen MR) is 44.7 cm³/mol. The van der Waals surface area contributed by atoms with E-state index in [1.54, 1.807) is 0 Å². The third-order valence-electron chi connectivity index (χ3n) is 15.2. The zero-order chi connectivity index (χ0) is 8.59. The third-order valence-corrected chi connectivity index (χ3v) is 82.2. The van der Waals surface area contributed by atoms with Crippen LogP contribution in [0.2, 0.25) is 44.6 Å². The first kappa shape index (κ1) is 4.81. The van der Waals surface area contributed by atoms with Crippen molar-refractivity contribution in [1.29, 1.82) is 0 Å². The molecule has 76 valence electrons. The van der Waals surface area contributed by atoms with E-state index in [0.29, 0.717) is 4.01 Å². The van der Waals surface area contributed by atoms with Crippen molar-refractivity contribution in [3.8, 4) is 0 Å². The Morgan fingerprint density at radius 3 is 1.29 bits per heavy atom. The van der Waals surface area contributed by atoms with Crippen LogP contribution in [0.4, 0.5) is 0 Å². The van der Waals surface area contributed by atoms with Gasteiger partial charge in [-0.2, -0.15) is 0 Å². The summed E-state index contributed by atoms with van der Waals surface area (Å²) in [6, 6.07) is 0. The molecule has 0 saturated carbocycles. The minimum atomic E-state index is -3.36. The van der Waals surface area contributed by atoms with E-state index in [1.165, 1.54) is 31.6 Å². The third kappa shape index (κ3) is 0.0347. The Balaban J connectivity index is 1.94. The zero-order valence-electron chi connectivity index (χ0n) is 7.52. The van der Waals surface area contributed by atoms with Crippen LogP contribution in [0.3, 0.4) is 0 Å². The van der Waals surface area contributed by atoms with Crippen molar-refractivity contribution in [2.24, 2.45) is 0 Å². The van der Waals surface area contributed by atoms with Gasteiger partial charge in [-0.05, 0) is 0 Å². The number of hydrogen-bond donors (Lipinski definition) is 2. The van der Waals surface area contributed by atoms with Crippen molar-refractivity contribution in [2.45, 2.75) is 50.9 Å². The summed E-state index contributed by atoms with van der Waals surface area (Å²) in [5.74, 6) is 0. The number of fused-ring (bicyclic) bond motifs is 10. The summed E-state index contributed by atoms with van der Waals surface area (Å²) in [4.78, 5) is 0. The van der Waals surface area contributed by atoms with Crippen LogP contribution < -0.4 is 0 Å². The second-order valence-corrected chi connectivity index (χ2v) is 47.3. The molecule has 2 N–H and O–H groups in total. The van der Waals surface area contributed by atoms with Gasteiger partial charge in [0, 0.05) is 0 Å². The van der Waals surface area contributed by atoms with Gasteiger partial charge in [0.15, 0.2) is 0 Å². The van der Waals surface area contributed by atoms with E-state index < -0.39 is 14.0 Å². The Labute approximate surface area is 69.0 Å². The molecule has 0 aromatic carbocycles. The predicted octanol–water partition coefficient (Wildman–Crippen LogP) is 2.06. The molecule has 4 unspecified atom stereocenters. The fourth-order valence-electron chi connectivity index (χ4n) is 17.1. The van der Waals surface area contributed by atoms with Gasteiger partial charge in [0.2, 0.25) is 0 Å². The van der Waals surface area contributed by atoms with Crippen LogP contribution in [0.5, 0.6) is 0 Å². The Hall–Kier alpha value is 0.543. The van der Waals surface area contributed by atoms with Crippen LogP contribution in [0.1, 0.15) is 0 Å². The molecule has 1 spiro atoms. The first-order valence-corrected chi connectivity index (χ1v) is 16.0. The number of hydrogen-bond acceptors (Lipinski definition) is 2. The molecule has 2 nitrogen and oxygen atoms in total. The molecule has 3 heteroatoms. The molecular formula is C11H12O2Ru. The van der Waals surface area contributed by atoms with Gasteiger partial charge in [0.1, 0.15) is 0 Å². The number of rotatable bonds is 1. The average molecular weight is 277 g/mol. The fraction of sp³-hybridized carbons (Fsp3) is 1.00. The van der Waals surface area contributed by atoms with Crippen molar-refractivity contribution >= 4 is 0 Å². The van der Waals surface area contributed by atoms with Crippen LogP contribution >= 0.6 is 0 Å². The van der Waals surface area contributed by atoms with E-state index in [9.17, 15) is 10.2 Å². The van der Waals surface area contributed by atoms with E-state index in [-0.39, 0.29) is 0 Å². The molecule has 0 aromatic rings. The van der Waals surface area contributed by atoms with Gasteiger partial charge < -0.3 is 0 Å². The minimum absolute atomic E-state index is 0.323. The summed E-state index contributed by atoms with van der Waals surface area (Å²) in [5.41, 5.74) is 0. The summed E-state index contributed by atoms with van der Waals surface area (Å²) in [6.45, 7) is 0. The summed E-state index contributed by atoms with van der Waals surface area (Å²) in [5, 5.41) is 19.9. The Bertz CT molecular complexity index is 802. The monoisotopic (exact) mass is 278 g/mol. The molecule has 0 aliphatic carbocycles. The topological polar surface area (TPSA) is 40.5 Å².